The fraction of sp³-hybridized carbons (Fsp3) is 0.182. The van der Waals surface area contributed by atoms with Crippen molar-refractivity contribution >= 4 is 11.7 Å². The molecule has 17 heavy (non-hydrogen) atoms. The van der Waals surface area contributed by atoms with Gasteiger partial charge in [0, 0.05) is 5.69 Å². The molecule has 1 aromatic carbocycles. The highest BCUT2D eigenvalue weighted by Gasteiger charge is 2.10. The van der Waals surface area contributed by atoms with Crippen molar-refractivity contribution in [2.75, 3.05) is 12.8 Å². The normalized spacial score (nSPS) is 10.2. The molecular weight excluding hydrogens is 220 g/mol. The Morgan fingerprint density at radius 3 is 2.76 bits per heavy atom. The van der Waals surface area contributed by atoms with Crippen LogP contribution in [0.15, 0.2) is 30.6 Å². The van der Waals surface area contributed by atoms with E-state index in [0.29, 0.717) is 12.2 Å². The lowest BCUT2D eigenvalue weighted by atomic mass is 10.2. The first-order chi connectivity index (χ1) is 8.19. The standard InChI is InChI=1S/C11H12N4O2/c1-17-11(16)10-13-7-15(14-10)6-8-2-4-9(12)5-3-8/h2-5,7H,6,12H2,1H3. The number of nitrogens with two attached hydrogens (primary N) is 1. The van der Waals surface area contributed by atoms with Crippen molar-refractivity contribution in [3.8, 4) is 0 Å². The van der Waals surface area contributed by atoms with Crippen LogP contribution in [0.25, 0.3) is 0 Å². The van der Waals surface area contributed by atoms with Gasteiger partial charge in [0.15, 0.2) is 0 Å². The third-order valence-corrected chi connectivity index (χ3v) is 2.23. The van der Waals surface area contributed by atoms with Crippen molar-refractivity contribution in [2.24, 2.45) is 0 Å². The summed E-state index contributed by atoms with van der Waals surface area (Å²) in [6.07, 6.45) is 1.49. The minimum absolute atomic E-state index is 0.0583. The highest BCUT2D eigenvalue weighted by atomic mass is 16.5. The van der Waals surface area contributed by atoms with Crippen LogP contribution in [0.1, 0.15) is 16.2 Å². The van der Waals surface area contributed by atoms with Crippen LogP contribution in [0.2, 0.25) is 0 Å². The van der Waals surface area contributed by atoms with Crippen molar-refractivity contribution in [1.82, 2.24) is 14.8 Å². The zero-order chi connectivity index (χ0) is 12.3. The van der Waals surface area contributed by atoms with Crippen LogP contribution in [-0.2, 0) is 11.3 Å². The number of hydrogen-bond donors (Lipinski definition) is 1. The number of anilines is 1. The Kier molecular flexibility index (Phi) is 3.04. The van der Waals surface area contributed by atoms with Crippen LogP contribution < -0.4 is 5.73 Å². The van der Waals surface area contributed by atoms with Crippen LogP contribution in [0.4, 0.5) is 5.69 Å². The quantitative estimate of drug-likeness (QED) is 0.622. The van der Waals surface area contributed by atoms with E-state index in [2.05, 4.69) is 14.8 Å². The maximum absolute atomic E-state index is 11.1. The molecule has 6 heteroatoms. The van der Waals surface area contributed by atoms with Crippen LogP contribution >= 0.6 is 0 Å². The Balaban J connectivity index is 2.11. The summed E-state index contributed by atoms with van der Waals surface area (Å²) < 4.78 is 6.09. The lowest BCUT2D eigenvalue weighted by Crippen LogP contribution is -2.06. The van der Waals surface area contributed by atoms with Crippen molar-refractivity contribution in [2.45, 2.75) is 6.54 Å². The van der Waals surface area contributed by atoms with E-state index in [1.165, 1.54) is 13.4 Å². The summed E-state index contributed by atoms with van der Waals surface area (Å²) in [5, 5.41) is 4.00. The van der Waals surface area contributed by atoms with Crippen molar-refractivity contribution in [3.05, 3.63) is 42.0 Å². The van der Waals surface area contributed by atoms with Gasteiger partial charge in [-0.1, -0.05) is 12.1 Å². The van der Waals surface area contributed by atoms with E-state index in [4.69, 9.17) is 5.73 Å². The summed E-state index contributed by atoms with van der Waals surface area (Å²) in [7, 11) is 1.29. The Morgan fingerprint density at radius 2 is 2.12 bits per heavy atom. The SMILES string of the molecule is COC(=O)c1ncn(Cc2ccc(N)cc2)n1. The van der Waals surface area contributed by atoms with Gasteiger partial charge in [-0.15, -0.1) is 5.10 Å². The molecule has 0 aliphatic rings. The number of carbonyl (C=O) groups is 1. The predicted molar refractivity (Wildman–Crippen MR) is 61.3 cm³/mol. The Labute approximate surface area is 98.0 Å². The minimum Gasteiger partial charge on any atom is -0.463 e. The van der Waals surface area contributed by atoms with Crippen LogP contribution in [0.5, 0.6) is 0 Å². The second-order valence-corrected chi connectivity index (χ2v) is 3.50. The molecule has 2 N–H and O–H groups in total. The van der Waals surface area contributed by atoms with E-state index >= 15 is 0 Å². The molecular formula is C11H12N4O2. The van der Waals surface area contributed by atoms with Gasteiger partial charge in [-0.2, -0.15) is 0 Å². The molecule has 0 unspecified atom stereocenters. The van der Waals surface area contributed by atoms with Gasteiger partial charge < -0.3 is 10.5 Å². The number of hydrogen-bond acceptors (Lipinski definition) is 5. The lowest BCUT2D eigenvalue weighted by molar-refractivity contribution is 0.0586. The van der Waals surface area contributed by atoms with E-state index in [0.717, 1.165) is 5.56 Å². The Morgan fingerprint density at radius 1 is 1.41 bits per heavy atom. The highest BCUT2D eigenvalue weighted by Crippen LogP contribution is 2.06. The van der Waals surface area contributed by atoms with E-state index in [1.807, 2.05) is 24.3 Å². The summed E-state index contributed by atoms with van der Waals surface area (Å²) in [5.41, 5.74) is 7.32. The number of benzene rings is 1. The topological polar surface area (TPSA) is 83.0 Å². The molecule has 0 fully saturated rings. The first kappa shape index (κ1) is 11.1. The molecule has 1 aromatic heterocycles. The van der Waals surface area contributed by atoms with Crippen molar-refractivity contribution < 1.29 is 9.53 Å². The molecule has 0 amide bonds. The number of methoxy groups -OCH3 is 1. The molecule has 0 saturated carbocycles. The second-order valence-electron chi connectivity index (χ2n) is 3.50. The molecule has 0 bridgehead atoms. The molecule has 1 heterocycles. The van der Waals surface area contributed by atoms with Crippen LogP contribution in [0, 0.1) is 0 Å². The van der Waals surface area contributed by atoms with Gasteiger partial charge in [0.2, 0.25) is 0 Å². The molecule has 0 aliphatic heterocycles. The predicted octanol–water partition coefficient (Wildman–Crippen LogP) is 0.695. The van der Waals surface area contributed by atoms with E-state index in [-0.39, 0.29) is 5.82 Å². The number of nitrogen functional groups attached to an aromatic ring is 1. The third-order valence-electron chi connectivity index (χ3n) is 2.23. The summed E-state index contributed by atoms with van der Waals surface area (Å²) >= 11 is 0. The van der Waals surface area contributed by atoms with Gasteiger partial charge in [-0.05, 0) is 17.7 Å². The minimum atomic E-state index is -0.541. The van der Waals surface area contributed by atoms with Crippen LogP contribution in [0.3, 0.4) is 0 Å². The van der Waals surface area contributed by atoms with Gasteiger partial charge >= 0.3 is 5.97 Å². The number of nitrogens with zero attached hydrogens (tertiary/aromatic N) is 3. The Hall–Kier alpha value is -2.37. The molecule has 0 aliphatic carbocycles. The van der Waals surface area contributed by atoms with E-state index in [1.54, 1.807) is 4.68 Å². The number of rotatable bonds is 3. The third kappa shape index (κ3) is 2.60. The maximum atomic E-state index is 11.1. The van der Waals surface area contributed by atoms with Crippen molar-refractivity contribution in [1.29, 1.82) is 0 Å². The zero-order valence-electron chi connectivity index (χ0n) is 9.33. The van der Waals surface area contributed by atoms with Crippen LogP contribution in [-0.4, -0.2) is 27.8 Å². The fourth-order valence-corrected chi connectivity index (χ4v) is 1.37. The monoisotopic (exact) mass is 232 g/mol. The summed E-state index contributed by atoms with van der Waals surface area (Å²) in [5.74, 6) is -0.482. The van der Waals surface area contributed by atoms with Gasteiger partial charge in [0.05, 0.1) is 13.7 Å². The molecule has 2 rings (SSSR count). The molecule has 88 valence electrons. The summed E-state index contributed by atoms with van der Waals surface area (Å²) in [6, 6.07) is 7.42. The number of esters is 1. The van der Waals surface area contributed by atoms with Gasteiger partial charge in [0.1, 0.15) is 6.33 Å². The van der Waals surface area contributed by atoms with E-state index in [9.17, 15) is 4.79 Å². The molecule has 0 spiro atoms. The van der Waals surface area contributed by atoms with Gasteiger partial charge in [0.25, 0.3) is 5.82 Å². The summed E-state index contributed by atoms with van der Waals surface area (Å²) in [4.78, 5) is 15.0. The molecule has 6 nitrogen and oxygen atoms in total. The maximum Gasteiger partial charge on any atom is 0.377 e. The van der Waals surface area contributed by atoms with E-state index < -0.39 is 5.97 Å². The fourth-order valence-electron chi connectivity index (χ4n) is 1.37. The van der Waals surface area contributed by atoms with Gasteiger partial charge in [-0.25, -0.2) is 14.5 Å². The number of carbonyl (C=O) groups excluding carboxylic acids is 1. The largest absolute Gasteiger partial charge is 0.463 e. The van der Waals surface area contributed by atoms with Crippen molar-refractivity contribution in [3.63, 3.8) is 0 Å². The first-order valence-electron chi connectivity index (χ1n) is 5.01. The Bertz CT molecular complexity index is 519. The zero-order valence-corrected chi connectivity index (χ0v) is 9.33. The average molecular weight is 232 g/mol. The molecule has 0 saturated heterocycles. The molecule has 2 aromatic rings. The molecule has 0 radical (unpaired) electrons. The average Bonchev–Trinajstić information content (AvgIpc) is 2.80. The first-order valence-corrected chi connectivity index (χ1v) is 5.01. The smallest absolute Gasteiger partial charge is 0.377 e. The number of aromatic nitrogens is 3. The molecule has 0 atom stereocenters. The summed E-state index contributed by atoms with van der Waals surface area (Å²) in [6.45, 7) is 0.532. The highest BCUT2D eigenvalue weighted by molar-refractivity contribution is 5.84. The second kappa shape index (κ2) is 4.65. The van der Waals surface area contributed by atoms with Gasteiger partial charge in [-0.3, -0.25) is 0 Å². The lowest BCUT2D eigenvalue weighted by Gasteiger charge is -2.01. The number of ether oxygens (including phenoxy) is 1.